The van der Waals surface area contributed by atoms with Gasteiger partial charge in [-0.25, -0.2) is 0 Å². The van der Waals surface area contributed by atoms with Gasteiger partial charge < -0.3 is 15.4 Å². The lowest BCUT2D eigenvalue weighted by molar-refractivity contribution is -0.118. The van der Waals surface area contributed by atoms with Crippen molar-refractivity contribution in [3.05, 3.63) is 11.8 Å². The summed E-state index contributed by atoms with van der Waals surface area (Å²) in [5.74, 6) is 0.611. The van der Waals surface area contributed by atoms with Gasteiger partial charge in [-0.2, -0.15) is 5.10 Å². The smallest absolute Gasteiger partial charge is 0.242 e. The first-order chi connectivity index (χ1) is 7.70. The van der Waals surface area contributed by atoms with E-state index in [1.54, 1.807) is 13.3 Å². The zero-order valence-corrected chi connectivity index (χ0v) is 9.41. The van der Waals surface area contributed by atoms with Crippen LogP contribution in [0, 0.1) is 6.92 Å². The number of aromatic amines is 1. The summed E-state index contributed by atoms with van der Waals surface area (Å²) in [6.07, 6.45) is 2.50. The van der Waals surface area contributed by atoms with Gasteiger partial charge in [0.05, 0.1) is 18.3 Å². The van der Waals surface area contributed by atoms with Gasteiger partial charge in [0.2, 0.25) is 5.91 Å². The standard InChI is InChI=1S/C10H16N4O2/c1-6-4-12-14-9(6)13-10(15)8-3-7(16-2)5-11-8/h4,7-8,11H,3,5H2,1-2H3,(H2,12,13,14,15). The molecule has 2 atom stereocenters. The normalized spacial score (nSPS) is 24.6. The molecule has 16 heavy (non-hydrogen) atoms. The number of H-pyrrole nitrogens is 1. The van der Waals surface area contributed by atoms with Crippen molar-refractivity contribution in [3.63, 3.8) is 0 Å². The zero-order valence-electron chi connectivity index (χ0n) is 9.41. The number of methoxy groups -OCH3 is 1. The van der Waals surface area contributed by atoms with Crippen LogP contribution in [-0.2, 0) is 9.53 Å². The molecule has 1 aromatic rings. The summed E-state index contributed by atoms with van der Waals surface area (Å²) in [6, 6.07) is -0.187. The molecular formula is C10H16N4O2. The van der Waals surface area contributed by atoms with E-state index in [9.17, 15) is 4.79 Å². The highest BCUT2D eigenvalue weighted by atomic mass is 16.5. The second-order valence-corrected chi connectivity index (χ2v) is 3.97. The fourth-order valence-electron chi connectivity index (χ4n) is 1.77. The molecule has 1 aliphatic rings. The van der Waals surface area contributed by atoms with Crippen LogP contribution in [0.1, 0.15) is 12.0 Å². The molecule has 1 aromatic heterocycles. The summed E-state index contributed by atoms with van der Waals surface area (Å²) >= 11 is 0. The van der Waals surface area contributed by atoms with Crippen molar-refractivity contribution in [2.75, 3.05) is 19.0 Å². The highest BCUT2D eigenvalue weighted by Crippen LogP contribution is 2.13. The summed E-state index contributed by atoms with van der Waals surface area (Å²) in [6.45, 7) is 2.61. The lowest BCUT2D eigenvalue weighted by Crippen LogP contribution is -2.35. The minimum atomic E-state index is -0.187. The molecule has 0 bridgehead atoms. The predicted octanol–water partition coefficient (Wildman–Crippen LogP) is 0.0335. The van der Waals surface area contributed by atoms with Crippen molar-refractivity contribution in [2.24, 2.45) is 0 Å². The number of amides is 1. The molecule has 1 fully saturated rings. The monoisotopic (exact) mass is 224 g/mol. The number of carbonyl (C=O) groups is 1. The van der Waals surface area contributed by atoms with Gasteiger partial charge in [0, 0.05) is 19.2 Å². The summed E-state index contributed by atoms with van der Waals surface area (Å²) in [4.78, 5) is 11.8. The minimum Gasteiger partial charge on any atom is -0.380 e. The van der Waals surface area contributed by atoms with Crippen molar-refractivity contribution in [2.45, 2.75) is 25.5 Å². The van der Waals surface area contributed by atoms with E-state index in [0.717, 1.165) is 12.1 Å². The molecule has 6 nitrogen and oxygen atoms in total. The molecule has 0 saturated carbocycles. The summed E-state index contributed by atoms with van der Waals surface area (Å²) in [5.41, 5.74) is 0.926. The Morgan fingerprint density at radius 1 is 1.69 bits per heavy atom. The molecule has 1 saturated heterocycles. The average Bonchev–Trinajstić information content (AvgIpc) is 2.88. The summed E-state index contributed by atoms with van der Waals surface area (Å²) in [5, 5.41) is 12.5. The number of nitrogens with one attached hydrogen (secondary N) is 3. The number of aryl methyl sites for hydroxylation is 1. The van der Waals surface area contributed by atoms with E-state index >= 15 is 0 Å². The molecule has 0 aliphatic carbocycles. The number of anilines is 1. The van der Waals surface area contributed by atoms with E-state index < -0.39 is 0 Å². The maximum Gasteiger partial charge on any atom is 0.242 e. The zero-order chi connectivity index (χ0) is 11.5. The van der Waals surface area contributed by atoms with Gasteiger partial charge in [0.25, 0.3) is 0 Å². The first-order valence-electron chi connectivity index (χ1n) is 5.27. The predicted molar refractivity (Wildman–Crippen MR) is 59.2 cm³/mol. The van der Waals surface area contributed by atoms with Crippen LogP contribution in [0.2, 0.25) is 0 Å². The second-order valence-electron chi connectivity index (χ2n) is 3.97. The maximum atomic E-state index is 11.8. The Bertz CT molecular complexity index is 377. The third-order valence-corrected chi connectivity index (χ3v) is 2.82. The van der Waals surface area contributed by atoms with Gasteiger partial charge in [-0.05, 0) is 13.3 Å². The second kappa shape index (κ2) is 4.63. The molecule has 2 unspecified atom stereocenters. The largest absolute Gasteiger partial charge is 0.380 e. The third kappa shape index (κ3) is 2.23. The van der Waals surface area contributed by atoms with Crippen molar-refractivity contribution >= 4 is 11.7 Å². The van der Waals surface area contributed by atoms with Crippen LogP contribution in [0.4, 0.5) is 5.82 Å². The van der Waals surface area contributed by atoms with Crippen LogP contribution >= 0.6 is 0 Å². The Balaban J connectivity index is 1.92. The lowest BCUT2D eigenvalue weighted by atomic mass is 10.2. The van der Waals surface area contributed by atoms with Gasteiger partial charge >= 0.3 is 0 Å². The molecular weight excluding hydrogens is 208 g/mol. The van der Waals surface area contributed by atoms with E-state index in [1.165, 1.54) is 0 Å². The molecule has 1 aliphatic heterocycles. The first-order valence-corrected chi connectivity index (χ1v) is 5.27. The van der Waals surface area contributed by atoms with Crippen LogP contribution in [0.5, 0.6) is 0 Å². The number of rotatable bonds is 3. The molecule has 0 aromatic carbocycles. The van der Waals surface area contributed by atoms with Gasteiger partial charge in [-0.1, -0.05) is 0 Å². The summed E-state index contributed by atoms with van der Waals surface area (Å²) < 4.78 is 5.19. The fourth-order valence-corrected chi connectivity index (χ4v) is 1.77. The molecule has 6 heteroatoms. The minimum absolute atomic E-state index is 0.0492. The quantitative estimate of drug-likeness (QED) is 0.677. The van der Waals surface area contributed by atoms with E-state index in [2.05, 4.69) is 20.8 Å². The van der Waals surface area contributed by atoms with Crippen molar-refractivity contribution < 1.29 is 9.53 Å². The number of hydrogen-bond acceptors (Lipinski definition) is 4. The van der Waals surface area contributed by atoms with Gasteiger partial charge in [-0.3, -0.25) is 9.89 Å². The van der Waals surface area contributed by atoms with Gasteiger partial charge in [-0.15, -0.1) is 0 Å². The van der Waals surface area contributed by atoms with Crippen LogP contribution in [-0.4, -0.2) is 41.9 Å². The fraction of sp³-hybridized carbons (Fsp3) is 0.600. The summed E-state index contributed by atoms with van der Waals surface area (Å²) in [7, 11) is 1.66. The van der Waals surface area contributed by atoms with Gasteiger partial charge in [0.15, 0.2) is 0 Å². The molecule has 1 amide bonds. The Hall–Kier alpha value is -1.40. The number of ether oxygens (including phenoxy) is 1. The van der Waals surface area contributed by atoms with E-state index in [0.29, 0.717) is 12.2 Å². The highest BCUT2D eigenvalue weighted by Gasteiger charge is 2.29. The molecule has 0 radical (unpaired) electrons. The number of hydrogen-bond donors (Lipinski definition) is 3. The number of carbonyl (C=O) groups excluding carboxylic acids is 1. The Kier molecular flexibility index (Phi) is 3.21. The number of nitrogens with zero attached hydrogens (tertiary/aromatic N) is 1. The van der Waals surface area contributed by atoms with Crippen LogP contribution in [0.3, 0.4) is 0 Å². The molecule has 2 rings (SSSR count). The van der Waals surface area contributed by atoms with Crippen molar-refractivity contribution in [3.8, 4) is 0 Å². The Morgan fingerprint density at radius 3 is 3.06 bits per heavy atom. The first kappa shape index (κ1) is 11.1. The van der Waals surface area contributed by atoms with Gasteiger partial charge in [0.1, 0.15) is 5.82 Å². The van der Waals surface area contributed by atoms with Crippen molar-refractivity contribution in [1.82, 2.24) is 15.5 Å². The Morgan fingerprint density at radius 2 is 2.50 bits per heavy atom. The number of aromatic nitrogens is 2. The molecule has 0 spiro atoms. The van der Waals surface area contributed by atoms with Crippen molar-refractivity contribution in [1.29, 1.82) is 0 Å². The third-order valence-electron chi connectivity index (χ3n) is 2.82. The topological polar surface area (TPSA) is 79.0 Å². The van der Waals surface area contributed by atoms with Crippen LogP contribution < -0.4 is 10.6 Å². The van der Waals surface area contributed by atoms with Crippen LogP contribution in [0.15, 0.2) is 6.20 Å². The average molecular weight is 224 g/mol. The Labute approximate surface area is 93.8 Å². The van der Waals surface area contributed by atoms with Crippen LogP contribution in [0.25, 0.3) is 0 Å². The SMILES string of the molecule is COC1CNC(C(=O)Nc2[nH]ncc2C)C1. The highest BCUT2D eigenvalue weighted by molar-refractivity contribution is 5.94. The maximum absolute atomic E-state index is 11.8. The van der Waals surface area contributed by atoms with E-state index in [4.69, 9.17) is 4.74 Å². The molecule has 88 valence electrons. The van der Waals surface area contributed by atoms with E-state index in [1.807, 2.05) is 6.92 Å². The lowest BCUT2D eigenvalue weighted by Gasteiger charge is -2.10. The molecule has 2 heterocycles. The molecule has 3 N–H and O–H groups in total. The van der Waals surface area contributed by atoms with E-state index in [-0.39, 0.29) is 18.1 Å².